The lowest BCUT2D eigenvalue weighted by Crippen LogP contribution is -2.33. The molecule has 0 saturated heterocycles. The first-order valence-corrected chi connectivity index (χ1v) is 10.6. The van der Waals surface area contributed by atoms with Crippen molar-refractivity contribution in [2.75, 3.05) is 31.6 Å². The van der Waals surface area contributed by atoms with Crippen molar-refractivity contribution in [3.05, 3.63) is 65.2 Å². The van der Waals surface area contributed by atoms with E-state index in [1.807, 2.05) is 54.3 Å². The van der Waals surface area contributed by atoms with Crippen molar-refractivity contribution in [2.24, 2.45) is 5.92 Å². The van der Waals surface area contributed by atoms with Crippen LogP contribution in [0, 0.1) is 5.92 Å². The van der Waals surface area contributed by atoms with Crippen molar-refractivity contribution in [3.63, 3.8) is 0 Å². The van der Waals surface area contributed by atoms with Crippen LogP contribution in [-0.2, 0) is 4.74 Å². The van der Waals surface area contributed by atoms with E-state index in [1.165, 1.54) is 0 Å². The molecule has 0 spiro atoms. The van der Waals surface area contributed by atoms with Gasteiger partial charge in [0.25, 0.3) is 11.8 Å². The number of carbonyl (C=O) groups is 2. The Balaban J connectivity index is 1.77. The second-order valence-electron chi connectivity index (χ2n) is 7.87. The summed E-state index contributed by atoms with van der Waals surface area (Å²) < 4.78 is 5.44. The summed E-state index contributed by atoms with van der Waals surface area (Å²) in [6, 6.07) is 15.1. The van der Waals surface area contributed by atoms with Gasteiger partial charge in [0.1, 0.15) is 6.17 Å². The topological polar surface area (TPSA) is 70.7 Å². The molecule has 0 bridgehead atoms. The minimum absolute atomic E-state index is 0.0189. The largest absolute Gasteiger partial charge is 0.382 e. The molecular weight excluding hydrogens is 378 g/mol. The van der Waals surface area contributed by atoms with E-state index in [2.05, 4.69) is 24.5 Å². The quantitative estimate of drug-likeness (QED) is 0.581. The first-order chi connectivity index (χ1) is 14.5. The molecule has 6 heteroatoms. The standard InChI is InChI=1S/C24H31N3O3/c1-4-30-14-8-13-27-22(20-11-5-6-12-21(20)24(27)29)26-19-10-7-9-18(15-19)23(28)25-16-17(2)3/h5-7,9-12,15,17,22,26H,4,8,13-14,16H2,1-3H3,(H,25,28)/t22-/m0/s1. The summed E-state index contributed by atoms with van der Waals surface area (Å²) in [7, 11) is 0. The Morgan fingerprint density at radius 1 is 1.17 bits per heavy atom. The number of nitrogens with one attached hydrogen (secondary N) is 2. The maximum atomic E-state index is 13.0. The maximum absolute atomic E-state index is 13.0. The summed E-state index contributed by atoms with van der Waals surface area (Å²) in [4.78, 5) is 27.2. The molecule has 0 unspecified atom stereocenters. The number of amides is 2. The van der Waals surface area contributed by atoms with Gasteiger partial charge in [-0.1, -0.05) is 38.1 Å². The molecule has 3 rings (SSSR count). The second-order valence-corrected chi connectivity index (χ2v) is 7.87. The van der Waals surface area contributed by atoms with Crippen molar-refractivity contribution >= 4 is 17.5 Å². The smallest absolute Gasteiger partial charge is 0.256 e. The number of carbonyl (C=O) groups excluding carboxylic acids is 2. The van der Waals surface area contributed by atoms with Gasteiger partial charge in [0.15, 0.2) is 0 Å². The third-order valence-corrected chi connectivity index (χ3v) is 5.05. The zero-order chi connectivity index (χ0) is 21.5. The SMILES string of the molecule is CCOCCCN1C(=O)c2ccccc2[C@H]1Nc1cccc(C(=O)NCC(C)C)c1. The molecule has 6 nitrogen and oxygen atoms in total. The number of ether oxygens (including phenoxy) is 1. The third-order valence-electron chi connectivity index (χ3n) is 5.05. The Kier molecular flexibility index (Phi) is 7.46. The summed E-state index contributed by atoms with van der Waals surface area (Å²) in [5.41, 5.74) is 3.07. The van der Waals surface area contributed by atoms with Crippen LogP contribution in [-0.4, -0.2) is 43.0 Å². The van der Waals surface area contributed by atoms with Gasteiger partial charge in [-0.3, -0.25) is 9.59 Å². The Morgan fingerprint density at radius 2 is 1.97 bits per heavy atom. The molecule has 30 heavy (non-hydrogen) atoms. The van der Waals surface area contributed by atoms with Gasteiger partial charge in [-0.15, -0.1) is 0 Å². The highest BCUT2D eigenvalue weighted by atomic mass is 16.5. The highest BCUT2D eigenvalue weighted by Gasteiger charge is 2.36. The molecule has 0 aliphatic carbocycles. The third kappa shape index (κ3) is 5.19. The number of benzene rings is 2. The number of nitrogens with zero attached hydrogens (tertiary/aromatic N) is 1. The van der Waals surface area contributed by atoms with Crippen molar-refractivity contribution < 1.29 is 14.3 Å². The van der Waals surface area contributed by atoms with Crippen LogP contribution < -0.4 is 10.6 Å². The average molecular weight is 410 g/mol. The van der Waals surface area contributed by atoms with E-state index in [-0.39, 0.29) is 18.0 Å². The molecule has 1 aliphatic heterocycles. The predicted molar refractivity (Wildman–Crippen MR) is 119 cm³/mol. The molecule has 1 aliphatic rings. The Morgan fingerprint density at radius 3 is 2.73 bits per heavy atom. The molecule has 0 saturated carbocycles. The molecule has 1 heterocycles. The second kappa shape index (κ2) is 10.3. The van der Waals surface area contributed by atoms with Crippen LogP contribution >= 0.6 is 0 Å². The molecule has 0 aromatic heterocycles. The lowest BCUT2D eigenvalue weighted by Gasteiger charge is -2.27. The van der Waals surface area contributed by atoms with Crippen LogP contribution in [0.1, 0.15) is 59.6 Å². The number of hydrogen-bond donors (Lipinski definition) is 2. The number of hydrogen-bond acceptors (Lipinski definition) is 4. The zero-order valence-corrected chi connectivity index (χ0v) is 18.0. The van der Waals surface area contributed by atoms with Gasteiger partial charge in [-0.2, -0.15) is 0 Å². The van der Waals surface area contributed by atoms with E-state index >= 15 is 0 Å². The highest BCUT2D eigenvalue weighted by molar-refractivity contribution is 5.99. The summed E-state index contributed by atoms with van der Waals surface area (Å²) in [5.74, 6) is 0.316. The Hall–Kier alpha value is -2.86. The van der Waals surface area contributed by atoms with E-state index in [0.29, 0.717) is 37.8 Å². The Labute approximate surface area is 178 Å². The Bertz CT molecular complexity index is 882. The summed E-state index contributed by atoms with van der Waals surface area (Å²) in [6.45, 7) is 8.61. The van der Waals surface area contributed by atoms with Gasteiger partial charge in [-0.25, -0.2) is 0 Å². The van der Waals surface area contributed by atoms with Crippen molar-refractivity contribution in [2.45, 2.75) is 33.4 Å². The van der Waals surface area contributed by atoms with E-state index in [1.54, 1.807) is 6.07 Å². The molecule has 2 amide bonds. The van der Waals surface area contributed by atoms with Crippen LogP contribution in [0.3, 0.4) is 0 Å². The molecule has 2 aromatic carbocycles. The van der Waals surface area contributed by atoms with Gasteiger partial charge < -0.3 is 20.3 Å². The van der Waals surface area contributed by atoms with Crippen LogP contribution in [0.15, 0.2) is 48.5 Å². The molecule has 0 radical (unpaired) electrons. The predicted octanol–water partition coefficient (Wildman–Crippen LogP) is 4.07. The summed E-state index contributed by atoms with van der Waals surface area (Å²) >= 11 is 0. The van der Waals surface area contributed by atoms with Gasteiger partial charge in [0.2, 0.25) is 0 Å². The molecule has 1 atom stereocenters. The minimum atomic E-state index is -0.274. The van der Waals surface area contributed by atoms with E-state index in [0.717, 1.165) is 23.2 Å². The fraction of sp³-hybridized carbons (Fsp3) is 0.417. The van der Waals surface area contributed by atoms with Gasteiger partial charge >= 0.3 is 0 Å². The van der Waals surface area contributed by atoms with Crippen LogP contribution in [0.5, 0.6) is 0 Å². The van der Waals surface area contributed by atoms with E-state index in [4.69, 9.17) is 4.74 Å². The van der Waals surface area contributed by atoms with E-state index in [9.17, 15) is 9.59 Å². The van der Waals surface area contributed by atoms with E-state index < -0.39 is 0 Å². The fourth-order valence-corrected chi connectivity index (χ4v) is 3.54. The zero-order valence-electron chi connectivity index (χ0n) is 18.0. The number of anilines is 1. The van der Waals surface area contributed by atoms with Gasteiger partial charge in [0.05, 0.1) is 0 Å². The maximum Gasteiger partial charge on any atom is 0.256 e. The van der Waals surface area contributed by atoms with Crippen LogP contribution in [0.4, 0.5) is 5.69 Å². The number of rotatable bonds is 10. The van der Waals surface area contributed by atoms with Gasteiger partial charge in [-0.05, 0) is 43.5 Å². The molecule has 2 aromatic rings. The molecule has 2 N–H and O–H groups in total. The lowest BCUT2D eigenvalue weighted by molar-refractivity contribution is 0.0708. The first-order valence-electron chi connectivity index (χ1n) is 10.6. The molecule has 0 fully saturated rings. The first kappa shape index (κ1) is 21.8. The van der Waals surface area contributed by atoms with Crippen molar-refractivity contribution in [3.8, 4) is 0 Å². The normalized spacial score (nSPS) is 15.4. The average Bonchev–Trinajstić information content (AvgIpc) is 3.01. The van der Waals surface area contributed by atoms with Crippen LogP contribution in [0.25, 0.3) is 0 Å². The minimum Gasteiger partial charge on any atom is -0.382 e. The summed E-state index contributed by atoms with van der Waals surface area (Å²) in [6.07, 6.45) is 0.493. The molecular formula is C24H31N3O3. The van der Waals surface area contributed by atoms with Crippen molar-refractivity contribution in [1.82, 2.24) is 10.2 Å². The highest BCUT2D eigenvalue weighted by Crippen LogP contribution is 2.34. The van der Waals surface area contributed by atoms with Crippen molar-refractivity contribution in [1.29, 1.82) is 0 Å². The monoisotopic (exact) mass is 409 g/mol. The number of fused-ring (bicyclic) bond motifs is 1. The molecule has 160 valence electrons. The van der Waals surface area contributed by atoms with Crippen LogP contribution in [0.2, 0.25) is 0 Å². The fourth-order valence-electron chi connectivity index (χ4n) is 3.54. The lowest BCUT2D eigenvalue weighted by atomic mass is 10.1. The summed E-state index contributed by atoms with van der Waals surface area (Å²) in [5, 5.41) is 6.41. The van der Waals surface area contributed by atoms with Gasteiger partial charge in [0, 0.05) is 48.7 Å².